The van der Waals surface area contributed by atoms with Gasteiger partial charge in [0.15, 0.2) is 23.1 Å². The van der Waals surface area contributed by atoms with Gasteiger partial charge in [-0.1, -0.05) is 0 Å². The Morgan fingerprint density at radius 2 is 2.27 bits per heavy atom. The molecule has 5 heteroatoms. The van der Waals surface area contributed by atoms with Gasteiger partial charge in [0.25, 0.3) is 0 Å². The van der Waals surface area contributed by atoms with Crippen LogP contribution < -0.4 is 0 Å². The van der Waals surface area contributed by atoms with Crippen molar-refractivity contribution in [2.45, 2.75) is 0 Å². The van der Waals surface area contributed by atoms with Crippen LogP contribution in [-0.4, -0.2) is 34.9 Å². The molecule has 3 nitrogen and oxygen atoms in total. The van der Waals surface area contributed by atoms with E-state index in [0.717, 1.165) is 0 Å². The summed E-state index contributed by atoms with van der Waals surface area (Å²) >= 11 is 0. The van der Waals surface area contributed by atoms with E-state index in [4.69, 9.17) is 5.11 Å². The van der Waals surface area contributed by atoms with E-state index in [0.29, 0.717) is 0 Å². The number of aliphatic hydroxyl groups is 1. The van der Waals surface area contributed by atoms with Crippen LogP contribution >= 0.6 is 12.4 Å². The van der Waals surface area contributed by atoms with Crippen molar-refractivity contribution in [3.8, 4) is 0 Å². The normalized spacial score (nSPS) is 7.73. The number of ketones is 1. The molecular formula is C6H10AlClO3. The third-order valence-corrected chi connectivity index (χ3v) is 0.940. The molecule has 0 spiro atoms. The number of carbonyl (C=O) groups is 1. The SMILES string of the molecule is Cl.O=C(CO)c1ccco1.[AlH3]. The minimum Gasteiger partial charge on any atom is -0.461 e. The second-order valence-electron chi connectivity index (χ2n) is 1.56. The fourth-order valence-corrected chi connectivity index (χ4v) is 0.515. The molecule has 1 N–H and O–H groups in total. The molecule has 0 saturated heterocycles. The topological polar surface area (TPSA) is 50.4 Å². The van der Waals surface area contributed by atoms with Crippen LogP contribution in [0.5, 0.6) is 0 Å². The molecule has 1 rings (SSSR count). The van der Waals surface area contributed by atoms with E-state index in [1.807, 2.05) is 0 Å². The Labute approximate surface area is 80.9 Å². The van der Waals surface area contributed by atoms with Gasteiger partial charge in [0.1, 0.15) is 6.61 Å². The predicted octanol–water partition coefficient (Wildman–Crippen LogP) is -0.307. The first kappa shape index (κ1) is 13.3. The van der Waals surface area contributed by atoms with Crippen LogP contribution in [0, 0.1) is 0 Å². The summed E-state index contributed by atoms with van der Waals surface area (Å²) in [5.41, 5.74) is 0. The smallest absolute Gasteiger partial charge is 0.223 e. The summed E-state index contributed by atoms with van der Waals surface area (Å²) in [6.07, 6.45) is 1.39. The number of hydrogen-bond donors (Lipinski definition) is 1. The maximum absolute atomic E-state index is 10.5. The Morgan fingerprint density at radius 3 is 2.64 bits per heavy atom. The van der Waals surface area contributed by atoms with Gasteiger partial charge in [-0.3, -0.25) is 4.79 Å². The summed E-state index contributed by atoms with van der Waals surface area (Å²) in [6.45, 7) is -0.493. The van der Waals surface area contributed by atoms with Gasteiger partial charge < -0.3 is 9.52 Å². The predicted molar refractivity (Wildman–Crippen MR) is 47.3 cm³/mol. The Hall–Kier alpha value is -0.268. The first-order valence-electron chi connectivity index (χ1n) is 2.52. The Bertz CT molecular complexity index is 198. The molecular weight excluding hydrogens is 182 g/mol. The summed E-state index contributed by atoms with van der Waals surface area (Å²) < 4.78 is 4.68. The van der Waals surface area contributed by atoms with Gasteiger partial charge in [-0.05, 0) is 12.1 Å². The first-order chi connectivity index (χ1) is 4.34. The summed E-state index contributed by atoms with van der Waals surface area (Å²) in [5.74, 6) is -0.183. The van der Waals surface area contributed by atoms with E-state index in [9.17, 15) is 4.79 Å². The van der Waals surface area contributed by atoms with E-state index >= 15 is 0 Å². The fourth-order valence-electron chi connectivity index (χ4n) is 0.515. The largest absolute Gasteiger partial charge is 0.461 e. The van der Waals surface area contributed by atoms with Crippen LogP contribution in [0.25, 0.3) is 0 Å². The van der Waals surface area contributed by atoms with Crippen LogP contribution in [0.4, 0.5) is 0 Å². The standard InChI is InChI=1S/C6H6O3.Al.ClH.3H/c7-4-5(8)6-2-1-3-9-6;;;;;/h1-3,7H,4H2;;1H;;;. The number of carbonyl (C=O) groups excluding carboxylic acids is 1. The van der Waals surface area contributed by atoms with Crippen LogP contribution in [-0.2, 0) is 0 Å². The zero-order valence-electron chi connectivity index (χ0n) is 5.11. The zero-order chi connectivity index (χ0) is 6.69. The van der Waals surface area contributed by atoms with Crippen molar-refractivity contribution in [1.29, 1.82) is 0 Å². The van der Waals surface area contributed by atoms with Crippen molar-refractivity contribution < 1.29 is 14.3 Å². The van der Waals surface area contributed by atoms with Gasteiger partial charge in [-0.15, -0.1) is 12.4 Å². The van der Waals surface area contributed by atoms with Crippen LogP contribution in [0.2, 0.25) is 0 Å². The highest BCUT2D eigenvalue weighted by Crippen LogP contribution is 1.99. The quantitative estimate of drug-likeness (QED) is 0.517. The summed E-state index contributed by atoms with van der Waals surface area (Å²) in [6, 6.07) is 3.11. The minimum absolute atomic E-state index is 0. The van der Waals surface area contributed by atoms with Crippen molar-refractivity contribution in [1.82, 2.24) is 0 Å². The summed E-state index contributed by atoms with van der Waals surface area (Å²) in [7, 11) is 0. The number of rotatable bonds is 2. The number of furan rings is 1. The van der Waals surface area contributed by atoms with E-state index in [2.05, 4.69) is 4.42 Å². The number of halogens is 1. The summed E-state index contributed by atoms with van der Waals surface area (Å²) in [4.78, 5) is 10.5. The Morgan fingerprint density at radius 1 is 1.64 bits per heavy atom. The molecule has 0 amide bonds. The van der Waals surface area contributed by atoms with Crippen molar-refractivity contribution in [2.75, 3.05) is 6.61 Å². The van der Waals surface area contributed by atoms with E-state index in [1.54, 1.807) is 6.07 Å². The highest BCUT2D eigenvalue weighted by atomic mass is 35.5. The van der Waals surface area contributed by atoms with Crippen LogP contribution in [0.15, 0.2) is 22.8 Å². The molecule has 0 atom stereocenters. The van der Waals surface area contributed by atoms with Gasteiger partial charge in [0.2, 0.25) is 5.78 Å². The van der Waals surface area contributed by atoms with Crippen LogP contribution in [0.1, 0.15) is 10.6 Å². The Kier molecular flexibility index (Phi) is 7.81. The number of aliphatic hydroxyl groups excluding tert-OH is 1. The first-order valence-corrected chi connectivity index (χ1v) is 2.52. The lowest BCUT2D eigenvalue weighted by Crippen LogP contribution is -2.01. The lowest BCUT2D eigenvalue weighted by atomic mass is 10.3. The molecule has 0 saturated carbocycles. The van der Waals surface area contributed by atoms with E-state index in [-0.39, 0.29) is 41.3 Å². The average Bonchev–Trinajstić information content (AvgIpc) is 2.37. The molecule has 0 aromatic carbocycles. The molecule has 11 heavy (non-hydrogen) atoms. The third-order valence-electron chi connectivity index (χ3n) is 0.940. The molecule has 0 aliphatic rings. The maximum Gasteiger partial charge on any atom is 0.223 e. The molecule has 0 aliphatic heterocycles. The van der Waals surface area contributed by atoms with Crippen molar-refractivity contribution >= 4 is 35.6 Å². The fraction of sp³-hybridized carbons (Fsp3) is 0.167. The third kappa shape index (κ3) is 3.59. The molecule has 62 valence electrons. The van der Waals surface area contributed by atoms with Crippen molar-refractivity contribution in [2.24, 2.45) is 0 Å². The second kappa shape index (κ2) is 6.44. The van der Waals surface area contributed by atoms with Crippen molar-refractivity contribution in [3.05, 3.63) is 24.2 Å². The van der Waals surface area contributed by atoms with Crippen molar-refractivity contribution in [3.63, 3.8) is 0 Å². The molecule has 1 aromatic heterocycles. The van der Waals surface area contributed by atoms with Gasteiger partial charge in [0, 0.05) is 0 Å². The van der Waals surface area contributed by atoms with E-state index in [1.165, 1.54) is 12.3 Å². The highest BCUT2D eigenvalue weighted by Gasteiger charge is 2.04. The van der Waals surface area contributed by atoms with Gasteiger partial charge in [-0.2, -0.15) is 0 Å². The number of Topliss-reactive ketones (excluding diaryl/α,β-unsaturated/α-hetero) is 1. The molecule has 1 aromatic rings. The monoisotopic (exact) mass is 192 g/mol. The lowest BCUT2D eigenvalue weighted by Gasteiger charge is -1.85. The Balaban J connectivity index is 0. The molecule has 1 heterocycles. The maximum atomic E-state index is 10.5. The lowest BCUT2D eigenvalue weighted by molar-refractivity contribution is 0.0876. The minimum atomic E-state index is -0.493. The zero-order valence-corrected chi connectivity index (χ0v) is 5.93. The molecule has 0 radical (unpaired) electrons. The second-order valence-corrected chi connectivity index (χ2v) is 1.56. The van der Waals surface area contributed by atoms with E-state index < -0.39 is 6.61 Å². The molecule has 0 bridgehead atoms. The number of hydrogen-bond acceptors (Lipinski definition) is 3. The van der Waals surface area contributed by atoms with Crippen LogP contribution in [0.3, 0.4) is 0 Å². The average molecular weight is 193 g/mol. The summed E-state index contributed by atoms with van der Waals surface area (Å²) in [5, 5.41) is 8.30. The highest BCUT2D eigenvalue weighted by molar-refractivity contribution is 5.94. The molecule has 0 aliphatic carbocycles. The molecule has 0 unspecified atom stereocenters. The van der Waals surface area contributed by atoms with Gasteiger partial charge in [-0.25, -0.2) is 0 Å². The van der Waals surface area contributed by atoms with Gasteiger partial charge >= 0.3 is 0 Å². The molecule has 0 fully saturated rings. The van der Waals surface area contributed by atoms with Gasteiger partial charge in [0.05, 0.1) is 6.26 Å².